The van der Waals surface area contributed by atoms with E-state index in [1.165, 1.54) is 31.6 Å². The van der Waals surface area contributed by atoms with E-state index < -0.39 is 105 Å². The standard InChI is InChI=1S/C30H44N5O11P.C17H34NO7P.C14H13N3O5/c1-7-44-47(41,45-8-2)19-15-23(26(37)42-6)35(18-16-31-28(39)46-30(3,4)5)25(36)20-34-17-14-24(32-27(34)38)33-29(40)43-21-22-12-10-9-11-13-22;1-7-23-26(21,24-8-2)13-11-14(15(19)22-6)10-9-12-18-16(20)25-17(3,4)5;18-12(19)8-17-7-6-11(15-13(17)20)16-14(21)22-9-10-4-2-1-3-5-10/h9-14,17,23H,7-8,15-16,18-21H2,1-6H3,(H,31,39)(H,32,33,38,40);14H,7-13H2,1-6H3,(H,18,20);1-7H,8-9H2,(H,18,19)(H,15,16,20,21)/t23-;14-;/m11./s1. The van der Waals surface area contributed by atoms with Gasteiger partial charge < -0.3 is 67.2 Å². The lowest BCUT2D eigenvalue weighted by molar-refractivity contribution is -0.153. The van der Waals surface area contributed by atoms with Gasteiger partial charge in [-0.3, -0.25) is 43.3 Å². The number of hydrogen-bond donors (Lipinski definition) is 5. The molecule has 0 unspecified atom stereocenters. The van der Waals surface area contributed by atoms with Gasteiger partial charge in [0.05, 0.1) is 58.9 Å². The van der Waals surface area contributed by atoms with E-state index in [0.29, 0.717) is 25.8 Å². The van der Waals surface area contributed by atoms with Crippen molar-refractivity contribution < 1.29 is 99.1 Å². The smallest absolute Gasteiger partial charge is 0.413 e. The molecule has 4 rings (SSSR count). The first kappa shape index (κ1) is 82.6. The van der Waals surface area contributed by atoms with E-state index in [1.807, 2.05) is 24.3 Å². The Morgan fingerprint density at radius 2 is 0.968 bits per heavy atom. The van der Waals surface area contributed by atoms with Gasteiger partial charge in [-0.25, -0.2) is 33.6 Å². The highest BCUT2D eigenvalue weighted by molar-refractivity contribution is 7.54. The third-order valence-corrected chi connectivity index (χ3v) is 16.3. The average Bonchev–Trinajstić information content (AvgIpc) is 1.22. The van der Waals surface area contributed by atoms with Crippen LogP contribution in [0.25, 0.3) is 0 Å². The second-order valence-electron chi connectivity index (χ2n) is 22.0. The molecular formula is C61H91N9O23P2. The SMILES string of the molecule is CCOP(=O)(CC[C@@H](CCCNC(=O)OC(C)(C)C)C(=O)OC)OCC.CCOP(=O)(CC[C@H](C(=O)OC)N(CCNC(=O)OC(C)(C)C)C(=O)Cn1ccc(NC(=O)OCc2ccccc2)nc1=O)OCC.O=C(O)Cn1ccc(NC(=O)OCc2ccccc2)nc1=O. The average molecular weight is 1380 g/mol. The summed E-state index contributed by atoms with van der Waals surface area (Å²) in [6.45, 7) is 17.0. The Labute approximate surface area is 551 Å². The Morgan fingerprint density at radius 3 is 1.36 bits per heavy atom. The minimum atomic E-state index is -3.62. The van der Waals surface area contributed by atoms with Crippen molar-refractivity contribution in [1.82, 2.24) is 34.6 Å². The molecule has 5 amide bonds. The maximum absolute atomic E-state index is 13.7. The Bertz CT molecular complexity index is 3270. The van der Waals surface area contributed by atoms with E-state index in [2.05, 4.69) is 31.2 Å². The van der Waals surface area contributed by atoms with Gasteiger partial charge in [-0.15, -0.1) is 0 Å². The molecular weight excluding hydrogens is 1290 g/mol. The molecule has 0 bridgehead atoms. The van der Waals surface area contributed by atoms with Crippen LogP contribution in [-0.2, 0) is 101 Å². The van der Waals surface area contributed by atoms with Gasteiger partial charge in [-0.1, -0.05) is 60.7 Å². The molecule has 0 aliphatic heterocycles. The molecule has 0 aliphatic rings. The van der Waals surface area contributed by atoms with Gasteiger partial charge in [0.1, 0.15) is 55.2 Å². The predicted molar refractivity (Wildman–Crippen MR) is 347 cm³/mol. The molecule has 0 saturated carbocycles. The summed E-state index contributed by atoms with van der Waals surface area (Å²) in [6.07, 6.45) is 0.758. The van der Waals surface area contributed by atoms with Crippen LogP contribution in [0, 0.1) is 5.92 Å². The Kier molecular flexibility index (Phi) is 37.1. The van der Waals surface area contributed by atoms with Crippen LogP contribution in [0.3, 0.4) is 0 Å². The van der Waals surface area contributed by atoms with Gasteiger partial charge in [0, 0.05) is 32.0 Å². The summed E-state index contributed by atoms with van der Waals surface area (Å²) >= 11 is 0. The lowest BCUT2D eigenvalue weighted by Crippen LogP contribution is -2.51. The highest BCUT2D eigenvalue weighted by Gasteiger charge is 2.35. The number of esters is 2. The number of ether oxygens (including phenoxy) is 6. The number of benzene rings is 2. The van der Waals surface area contributed by atoms with E-state index in [0.717, 1.165) is 32.3 Å². The normalized spacial score (nSPS) is 11.9. The number of carbonyl (C=O) groups excluding carboxylic acids is 7. The molecule has 2 aromatic carbocycles. The highest BCUT2D eigenvalue weighted by atomic mass is 31.2. The van der Waals surface area contributed by atoms with E-state index >= 15 is 0 Å². The summed E-state index contributed by atoms with van der Waals surface area (Å²) in [7, 11) is -4.37. The maximum atomic E-state index is 13.7. The summed E-state index contributed by atoms with van der Waals surface area (Å²) in [5, 5.41) is 18.4. The maximum Gasteiger partial charge on any atom is 0.413 e. The topological polar surface area (TPSA) is 404 Å². The molecule has 5 N–H and O–H groups in total. The van der Waals surface area contributed by atoms with Crippen molar-refractivity contribution in [3.05, 3.63) is 117 Å². The van der Waals surface area contributed by atoms with E-state index in [-0.39, 0.29) is 89.1 Å². The monoisotopic (exact) mass is 1380 g/mol. The summed E-state index contributed by atoms with van der Waals surface area (Å²) in [6, 6.07) is 19.4. The summed E-state index contributed by atoms with van der Waals surface area (Å²) < 4.78 is 78.9. The number of carbonyl (C=O) groups is 8. The van der Waals surface area contributed by atoms with E-state index in [9.17, 15) is 57.1 Å². The van der Waals surface area contributed by atoms with Crippen LogP contribution in [0.15, 0.2) is 94.8 Å². The molecule has 2 aromatic heterocycles. The molecule has 0 radical (unpaired) electrons. The largest absolute Gasteiger partial charge is 0.480 e. The van der Waals surface area contributed by atoms with Gasteiger partial charge in [0.15, 0.2) is 0 Å². The number of rotatable bonds is 34. The van der Waals surface area contributed by atoms with Gasteiger partial charge in [-0.2, -0.15) is 9.97 Å². The van der Waals surface area contributed by atoms with Crippen LogP contribution in [-0.4, -0.2) is 167 Å². The number of carboxylic acids is 1. The second-order valence-corrected chi connectivity index (χ2v) is 26.3. The number of nitrogens with zero attached hydrogens (tertiary/aromatic N) is 5. The Hall–Kier alpha value is -8.54. The lowest BCUT2D eigenvalue weighted by atomic mass is 10.0. The Balaban J connectivity index is 0.000000537. The van der Waals surface area contributed by atoms with Crippen LogP contribution in [0.4, 0.5) is 30.8 Å². The van der Waals surface area contributed by atoms with Crippen LogP contribution >= 0.6 is 15.2 Å². The third kappa shape index (κ3) is 35.0. The minimum absolute atomic E-state index is 0.00279. The summed E-state index contributed by atoms with van der Waals surface area (Å²) in [5.41, 5.74) is -1.40. The third-order valence-electron chi connectivity index (χ3n) is 12.1. The number of aliphatic carboxylic acids is 1. The van der Waals surface area contributed by atoms with Gasteiger partial charge >= 0.3 is 68.9 Å². The van der Waals surface area contributed by atoms with Gasteiger partial charge in [0.25, 0.3) is 0 Å². The molecule has 2 atom stereocenters. The van der Waals surface area contributed by atoms with Crippen LogP contribution < -0.4 is 32.6 Å². The molecule has 2 heterocycles. The molecule has 0 aliphatic carbocycles. The quantitative estimate of drug-likeness (QED) is 0.0127. The lowest BCUT2D eigenvalue weighted by Gasteiger charge is -2.31. The fraction of sp³-hybridized carbons (Fsp3) is 0.541. The van der Waals surface area contributed by atoms with Gasteiger partial charge in [0.2, 0.25) is 5.91 Å². The number of alkyl carbamates (subject to hydrolysis) is 2. The van der Waals surface area contributed by atoms with Crippen molar-refractivity contribution in [2.24, 2.45) is 5.92 Å². The molecule has 528 valence electrons. The zero-order valence-electron chi connectivity index (χ0n) is 55.8. The predicted octanol–water partition coefficient (Wildman–Crippen LogP) is 8.36. The first-order chi connectivity index (χ1) is 44.8. The van der Waals surface area contributed by atoms with Crippen molar-refractivity contribution in [3.63, 3.8) is 0 Å². The minimum Gasteiger partial charge on any atom is -0.480 e. The fourth-order valence-corrected chi connectivity index (χ4v) is 11.5. The number of anilines is 2. The molecule has 0 fully saturated rings. The highest BCUT2D eigenvalue weighted by Crippen LogP contribution is 2.50. The molecule has 95 heavy (non-hydrogen) atoms. The molecule has 0 saturated heterocycles. The summed E-state index contributed by atoms with van der Waals surface area (Å²) in [5.74, 6) is -3.63. The number of carboxylic acid groups (broad SMARTS) is 1. The van der Waals surface area contributed by atoms with Crippen molar-refractivity contribution in [1.29, 1.82) is 0 Å². The Morgan fingerprint density at radius 1 is 0.558 bits per heavy atom. The molecule has 32 nitrogen and oxygen atoms in total. The van der Waals surface area contributed by atoms with Crippen LogP contribution in [0.1, 0.15) is 106 Å². The van der Waals surface area contributed by atoms with Crippen molar-refractivity contribution in [2.75, 3.05) is 83.2 Å². The zero-order valence-corrected chi connectivity index (χ0v) is 57.6. The molecule has 34 heteroatoms. The number of hydrogen-bond acceptors (Lipinski definition) is 24. The van der Waals surface area contributed by atoms with Gasteiger partial charge in [-0.05, 0) is 118 Å². The van der Waals surface area contributed by atoms with Crippen molar-refractivity contribution in [2.45, 2.75) is 138 Å². The van der Waals surface area contributed by atoms with Crippen LogP contribution in [0.2, 0.25) is 0 Å². The second kappa shape index (κ2) is 42.7. The van der Waals surface area contributed by atoms with Crippen molar-refractivity contribution >= 4 is 75.0 Å². The first-order valence-corrected chi connectivity index (χ1v) is 33.7. The van der Waals surface area contributed by atoms with Crippen molar-refractivity contribution in [3.8, 4) is 0 Å². The zero-order chi connectivity index (χ0) is 71.2. The van der Waals surface area contributed by atoms with E-state index in [4.69, 9.17) is 51.6 Å². The fourth-order valence-electron chi connectivity index (χ4n) is 8.05. The molecule has 0 spiro atoms. The molecule has 4 aromatic rings. The number of amides is 5. The number of aromatic nitrogens is 4. The van der Waals surface area contributed by atoms with E-state index in [1.54, 1.807) is 106 Å². The van der Waals surface area contributed by atoms with Crippen LogP contribution in [0.5, 0.6) is 0 Å². The number of nitrogens with one attached hydrogen (secondary N) is 4. The first-order valence-electron chi connectivity index (χ1n) is 30.3. The summed E-state index contributed by atoms with van der Waals surface area (Å²) in [4.78, 5) is 129. The number of methoxy groups -OCH3 is 2.